The summed E-state index contributed by atoms with van der Waals surface area (Å²) in [5.41, 5.74) is 5.10. The quantitative estimate of drug-likeness (QED) is 0.693. The molecule has 0 aromatic rings. The molecule has 5 heteroatoms. The highest BCUT2D eigenvalue weighted by Crippen LogP contribution is 2.40. The Kier molecular flexibility index (Phi) is 4.81. The van der Waals surface area contributed by atoms with Gasteiger partial charge in [0.15, 0.2) is 0 Å². The number of amides is 1. The van der Waals surface area contributed by atoms with Gasteiger partial charge in [0.25, 0.3) is 0 Å². The van der Waals surface area contributed by atoms with Crippen LogP contribution in [0.1, 0.15) is 25.7 Å². The van der Waals surface area contributed by atoms with Gasteiger partial charge in [-0.25, -0.2) is 0 Å². The molecule has 2 atom stereocenters. The van der Waals surface area contributed by atoms with Crippen molar-refractivity contribution in [2.45, 2.75) is 31.2 Å². The predicted molar refractivity (Wildman–Crippen MR) is 74.7 cm³/mol. The maximum absolute atomic E-state index is 11.9. The molecule has 0 bridgehead atoms. The SMILES string of the molecule is CNC(CN(C)CC1CCCOC1)(C(N)=O)C1CC1. The molecule has 0 spiro atoms. The fraction of sp³-hybridized carbons (Fsp3) is 0.929. The van der Waals surface area contributed by atoms with Gasteiger partial charge >= 0.3 is 0 Å². The van der Waals surface area contributed by atoms with Crippen LogP contribution in [0, 0.1) is 11.8 Å². The molecule has 1 saturated carbocycles. The molecule has 0 radical (unpaired) electrons. The number of rotatable bonds is 7. The number of nitrogens with two attached hydrogens (primary N) is 1. The lowest BCUT2D eigenvalue weighted by molar-refractivity contribution is -0.126. The number of ether oxygens (including phenoxy) is 1. The summed E-state index contributed by atoms with van der Waals surface area (Å²) in [6.07, 6.45) is 4.57. The Morgan fingerprint density at radius 3 is 2.68 bits per heavy atom. The summed E-state index contributed by atoms with van der Waals surface area (Å²) in [6, 6.07) is 0. The van der Waals surface area contributed by atoms with Crippen LogP contribution >= 0.6 is 0 Å². The molecule has 3 N–H and O–H groups in total. The molecule has 2 fully saturated rings. The highest BCUT2D eigenvalue weighted by molar-refractivity contribution is 5.85. The van der Waals surface area contributed by atoms with E-state index in [1.165, 1.54) is 6.42 Å². The topological polar surface area (TPSA) is 67.6 Å². The molecule has 0 aromatic carbocycles. The molecular formula is C14H27N3O2. The molecular weight excluding hydrogens is 242 g/mol. The van der Waals surface area contributed by atoms with Crippen molar-refractivity contribution in [3.8, 4) is 0 Å². The zero-order valence-corrected chi connectivity index (χ0v) is 12.2. The van der Waals surface area contributed by atoms with Crippen molar-refractivity contribution in [2.75, 3.05) is 40.4 Å². The second kappa shape index (κ2) is 6.20. The van der Waals surface area contributed by atoms with Crippen LogP contribution in [0.3, 0.4) is 0 Å². The molecule has 5 nitrogen and oxygen atoms in total. The van der Waals surface area contributed by atoms with Crippen molar-refractivity contribution in [1.29, 1.82) is 0 Å². The molecule has 2 rings (SSSR count). The normalized spacial score (nSPS) is 27.2. The first-order valence-corrected chi connectivity index (χ1v) is 7.33. The van der Waals surface area contributed by atoms with Crippen LogP contribution in [-0.4, -0.2) is 56.7 Å². The van der Waals surface area contributed by atoms with Crippen molar-refractivity contribution in [3.63, 3.8) is 0 Å². The Bertz CT molecular complexity index is 314. The number of primary amides is 1. The van der Waals surface area contributed by atoms with Crippen molar-refractivity contribution in [1.82, 2.24) is 10.2 Å². The Labute approximate surface area is 115 Å². The van der Waals surface area contributed by atoms with Crippen LogP contribution in [0.4, 0.5) is 0 Å². The maximum atomic E-state index is 11.9. The predicted octanol–water partition coefficient (Wildman–Crippen LogP) is 0.198. The summed E-state index contributed by atoms with van der Waals surface area (Å²) >= 11 is 0. The zero-order valence-electron chi connectivity index (χ0n) is 12.2. The van der Waals surface area contributed by atoms with Gasteiger partial charge in [0, 0.05) is 19.7 Å². The zero-order chi connectivity index (χ0) is 13.9. The van der Waals surface area contributed by atoms with E-state index in [4.69, 9.17) is 10.5 Å². The number of carbonyl (C=O) groups is 1. The van der Waals surface area contributed by atoms with Crippen molar-refractivity contribution in [2.24, 2.45) is 17.6 Å². The summed E-state index contributed by atoms with van der Waals surface area (Å²) in [4.78, 5) is 14.1. The maximum Gasteiger partial charge on any atom is 0.239 e. The second-order valence-electron chi connectivity index (χ2n) is 6.14. The summed E-state index contributed by atoms with van der Waals surface area (Å²) in [7, 11) is 3.92. The van der Waals surface area contributed by atoms with Crippen LogP contribution in [0.25, 0.3) is 0 Å². The van der Waals surface area contributed by atoms with Crippen LogP contribution in [0.15, 0.2) is 0 Å². The van der Waals surface area contributed by atoms with E-state index in [0.717, 1.165) is 39.0 Å². The Balaban J connectivity index is 1.90. The van der Waals surface area contributed by atoms with E-state index >= 15 is 0 Å². The standard InChI is InChI=1S/C14H27N3O2/c1-16-14(13(15)18,12-5-6-12)10-17(2)8-11-4-3-7-19-9-11/h11-12,16H,3-10H2,1-2H3,(H2,15,18). The minimum Gasteiger partial charge on any atom is -0.381 e. The Morgan fingerprint density at radius 2 is 2.21 bits per heavy atom. The van der Waals surface area contributed by atoms with Gasteiger partial charge in [-0.1, -0.05) is 0 Å². The van der Waals surface area contributed by atoms with Crippen LogP contribution < -0.4 is 11.1 Å². The summed E-state index contributed by atoms with van der Waals surface area (Å²) in [6.45, 7) is 3.41. The van der Waals surface area contributed by atoms with Crippen LogP contribution in [-0.2, 0) is 9.53 Å². The number of nitrogens with zero attached hydrogens (tertiary/aromatic N) is 1. The molecule has 0 aromatic heterocycles. The van der Waals surface area contributed by atoms with Gasteiger partial charge in [-0.2, -0.15) is 0 Å². The molecule has 1 amide bonds. The third kappa shape index (κ3) is 3.46. The lowest BCUT2D eigenvalue weighted by atomic mass is 9.91. The minimum atomic E-state index is -0.551. The number of likely N-dealkylation sites (N-methyl/N-ethyl adjacent to an activating group) is 2. The first kappa shape index (κ1) is 14.8. The van der Waals surface area contributed by atoms with Gasteiger partial charge in [0.05, 0.1) is 6.61 Å². The van der Waals surface area contributed by atoms with E-state index in [2.05, 4.69) is 17.3 Å². The first-order valence-electron chi connectivity index (χ1n) is 7.33. The average Bonchev–Trinajstić information content (AvgIpc) is 3.21. The summed E-state index contributed by atoms with van der Waals surface area (Å²) in [5, 5.41) is 3.20. The van der Waals surface area contributed by atoms with E-state index < -0.39 is 5.54 Å². The third-order valence-electron chi connectivity index (χ3n) is 4.50. The molecule has 1 saturated heterocycles. The van der Waals surface area contributed by atoms with E-state index in [-0.39, 0.29) is 5.91 Å². The third-order valence-corrected chi connectivity index (χ3v) is 4.50. The molecule has 19 heavy (non-hydrogen) atoms. The van der Waals surface area contributed by atoms with Gasteiger partial charge in [-0.05, 0) is 51.6 Å². The number of nitrogens with one attached hydrogen (secondary N) is 1. The summed E-state index contributed by atoms with van der Waals surface area (Å²) in [5.74, 6) is 0.768. The number of hydrogen-bond donors (Lipinski definition) is 2. The van der Waals surface area contributed by atoms with Gasteiger partial charge in [0.1, 0.15) is 5.54 Å². The minimum absolute atomic E-state index is 0.218. The average molecular weight is 269 g/mol. The molecule has 1 aliphatic carbocycles. The Hall–Kier alpha value is -0.650. The summed E-state index contributed by atoms with van der Waals surface area (Å²) < 4.78 is 5.51. The fourth-order valence-electron chi connectivity index (χ4n) is 3.27. The lowest BCUT2D eigenvalue weighted by Crippen LogP contribution is -2.62. The Morgan fingerprint density at radius 1 is 1.47 bits per heavy atom. The van der Waals surface area contributed by atoms with E-state index in [1.54, 1.807) is 0 Å². The van der Waals surface area contributed by atoms with Gasteiger partial charge in [-0.3, -0.25) is 4.79 Å². The van der Waals surface area contributed by atoms with Gasteiger partial charge < -0.3 is 20.7 Å². The van der Waals surface area contributed by atoms with Crippen LogP contribution in [0.2, 0.25) is 0 Å². The first-order chi connectivity index (χ1) is 9.08. The molecule has 1 aliphatic heterocycles. The lowest BCUT2D eigenvalue weighted by Gasteiger charge is -2.36. The van der Waals surface area contributed by atoms with E-state index in [1.807, 2.05) is 7.05 Å². The highest BCUT2D eigenvalue weighted by Gasteiger charge is 2.49. The molecule has 2 unspecified atom stereocenters. The highest BCUT2D eigenvalue weighted by atomic mass is 16.5. The molecule has 1 heterocycles. The van der Waals surface area contributed by atoms with Crippen LogP contribution in [0.5, 0.6) is 0 Å². The van der Waals surface area contributed by atoms with E-state index in [9.17, 15) is 4.79 Å². The second-order valence-corrected chi connectivity index (χ2v) is 6.14. The van der Waals surface area contributed by atoms with Crippen molar-refractivity contribution >= 4 is 5.91 Å². The monoisotopic (exact) mass is 269 g/mol. The van der Waals surface area contributed by atoms with Gasteiger partial charge in [-0.15, -0.1) is 0 Å². The van der Waals surface area contributed by atoms with E-state index in [0.29, 0.717) is 18.4 Å². The molecule has 110 valence electrons. The van der Waals surface area contributed by atoms with Crippen molar-refractivity contribution < 1.29 is 9.53 Å². The van der Waals surface area contributed by atoms with Crippen molar-refractivity contribution in [3.05, 3.63) is 0 Å². The smallest absolute Gasteiger partial charge is 0.239 e. The number of hydrogen-bond acceptors (Lipinski definition) is 4. The largest absolute Gasteiger partial charge is 0.381 e. The number of carbonyl (C=O) groups excluding carboxylic acids is 1. The molecule has 2 aliphatic rings. The van der Waals surface area contributed by atoms with Gasteiger partial charge in [0.2, 0.25) is 5.91 Å². The fourth-order valence-corrected chi connectivity index (χ4v) is 3.27.